The summed E-state index contributed by atoms with van der Waals surface area (Å²) in [7, 11) is 0. The smallest absolute Gasteiger partial charge is 0.225 e. The molecule has 2 aromatic rings. The van der Waals surface area contributed by atoms with E-state index in [0.717, 1.165) is 70.6 Å². The maximum atomic E-state index is 6.05. The minimum atomic E-state index is -0.0372. The fraction of sp³-hybridized carbons (Fsp3) is 0.571. The molecule has 2 fully saturated rings. The molecule has 1 spiro atoms. The fourth-order valence-corrected chi connectivity index (χ4v) is 4.67. The van der Waals surface area contributed by atoms with Crippen LogP contribution in [0.15, 0.2) is 24.5 Å². The lowest BCUT2D eigenvalue weighted by Gasteiger charge is -2.36. The van der Waals surface area contributed by atoms with Gasteiger partial charge in [-0.05, 0) is 31.5 Å². The van der Waals surface area contributed by atoms with Crippen molar-refractivity contribution in [3.8, 4) is 0 Å². The van der Waals surface area contributed by atoms with Crippen molar-refractivity contribution in [2.75, 3.05) is 50.9 Å². The summed E-state index contributed by atoms with van der Waals surface area (Å²) in [6.07, 6.45) is 4.85. The third-order valence-electron chi connectivity index (χ3n) is 6.18. The van der Waals surface area contributed by atoms with E-state index in [-0.39, 0.29) is 5.41 Å². The van der Waals surface area contributed by atoms with Gasteiger partial charge in [0.2, 0.25) is 5.95 Å². The second-order valence-corrected chi connectivity index (χ2v) is 8.13. The molecule has 148 valence electrons. The van der Waals surface area contributed by atoms with Gasteiger partial charge in [-0.15, -0.1) is 0 Å². The second kappa shape index (κ2) is 7.39. The predicted molar refractivity (Wildman–Crippen MR) is 105 cm³/mol. The van der Waals surface area contributed by atoms with Gasteiger partial charge in [-0.2, -0.15) is 0 Å². The molecule has 0 aromatic carbocycles. The van der Waals surface area contributed by atoms with Crippen molar-refractivity contribution < 1.29 is 9.47 Å². The van der Waals surface area contributed by atoms with E-state index in [0.29, 0.717) is 6.61 Å². The summed E-state index contributed by atoms with van der Waals surface area (Å²) in [6, 6.07) is 4.15. The Bertz CT molecular complexity index is 840. The Morgan fingerprint density at radius 2 is 2.04 bits per heavy atom. The number of anilines is 1. The number of pyridine rings is 1. The Hall–Kier alpha value is -2.09. The van der Waals surface area contributed by atoms with Crippen LogP contribution in [-0.4, -0.2) is 65.9 Å². The summed E-state index contributed by atoms with van der Waals surface area (Å²) in [5.41, 5.74) is 4.67. The van der Waals surface area contributed by atoms with E-state index >= 15 is 0 Å². The summed E-state index contributed by atoms with van der Waals surface area (Å²) in [5, 5.41) is 0. The molecule has 0 aliphatic carbocycles. The van der Waals surface area contributed by atoms with Crippen molar-refractivity contribution >= 4 is 5.95 Å². The number of fused-ring (bicyclic) bond motifs is 2. The molecule has 3 aliphatic heterocycles. The van der Waals surface area contributed by atoms with Crippen molar-refractivity contribution in [1.82, 2.24) is 19.9 Å². The molecular formula is C21H27N5O2. The summed E-state index contributed by atoms with van der Waals surface area (Å²) < 4.78 is 11.5. The molecule has 0 bridgehead atoms. The van der Waals surface area contributed by atoms with Gasteiger partial charge in [0.1, 0.15) is 0 Å². The van der Waals surface area contributed by atoms with E-state index in [1.807, 2.05) is 18.5 Å². The molecule has 0 saturated carbocycles. The Kier molecular flexibility index (Phi) is 4.74. The van der Waals surface area contributed by atoms with E-state index in [2.05, 4.69) is 27.8 Å². The fourth-order valence-electron chi connectivity index (χ4n) is 4.67. The summed E-state index contributed by atoms with van der Waals surface area (Å²) in [6.45, 7) is 9.59. The molecule has 0 N–H and O–H groups in total. The molecule has 1 atom stereocenters. The molecule has 2 saturated heterocycles. The minimum Gasteiger partial charge on any atom is -0.378 e. The first-order valence-electron chi connectivity index (χ1n) is 10.1. The third kappa shape index (κ3) is 3.27. The Balaban J connectivity index is 1.44. The van der Waals surface area contributed by atoms with Gasteiger partial charge in [0.15, 0.2) is 0 Å². The monoisotopic (exact) mass is 381 g/mol. The molecule has 3 aliphatic rings. The van der Waals surface area contributed by atoms with Crippen molar-refractivity contribution in [2.24, 2.45) is 0 Å². The lowest BCUT2D eigenvalue weighted by molar-refractivity contribution is 0.0497. The van der Waals surface area contributed by atoms with Crippen molar-refractivity contribution in [3.05, 3.63) is 47.0 Å². The number of likely N-dealkylation sites (tertiary alicyclic amines) is 1. The number of morpholine rings is 1. The zero-order valence-corrected chi connectivity index (χ0v) is 16.4. The van der Waals surface area contributed by atoms with E-state index in [4.69, 9.17) is 19.4 Å². The van der Waals surface area contributed by atoms with Crippen molar-refractivity contribution in [1.29, 1.82) is 0 Å². The molecule has 28 heavy (non-hydrogen) atoms. The highest BCUT2D eigenvalue weighted by molar-refractivity contribution is 5.42. The van der Waals surface area contributed by atoms with Gasteiger partial charge in [-0.25, -0.2) is 9.97 Å². The highest BCUT2D eigenvalue weighted by atomic mass is 16.5. The second-order valence-electron chi connectivity index (χ2n) is 8.13. The van der Waals surface area contributed by atoms with Crippen LogP contribution in [0.3, 0.4) is 0 Å². The van der Waals surface area contributed by atoms with Crippen LogP contribution in [0.25, 0.3) is 0 Å². The lowest BCUT2D eigenvalue weighted by Crippen LogP contribution is -2.42. The Morgan fingerprint density at radius 1 is 1.14 bits per heavy atom. The van der Waals surface area contributed by atoms with Crippen LogP contribution < -0.4 is 4.90 Å². The molecule has 5 heterocycles. The average molecular weight is 381 g/mol. The molecule has 7 nitrogen and oxygen atoms in total. The standard InChI is InChI=1S/C21H27N5O2/c1-16-18-13-28-15-21(4-6-25(14-21)12-17-3-2-5-22-11-17)19(18)24-20(23-16)26-7-9-27-10-8-26/h2-3,5,11H,4,6-10,12-15H2,1H3/t21-/m0/s1. The van der Waals surface area contributed by atoms with Crippen LogP contribution in [0, 0.1) is 6.92 Å². The van der Waals surface area contributed by atoms with Crippen molar-refractivity contribution in [3.63, 3.8) is 0 Å². The molecule has 7 heteroatoms. The normalized spacial score (nSPS) is 25.2. The first-order valence-corrected chi connectivity index (χ1v) is 10.1. The largest absolute Gasteiger partial charge is 0.378 e. The molecule has 0 radical (unpaired) electrons. The lowest BCUT2D eigenvalue weighted by atomic mass is 9.80. The van der Waals surface area contributed by atoms with Crippen LogP contribution in [0.5, 0.6) is 0 Å². The number of aryl methyl sites for hydroxylation is 1. The van der Waals surface area contributed by atoms with Gasteiger partial charge in [-0.3, -0.25) is 9.88 Å². The topological polar surface area (TPSA) is 63.6 Å². The van der Waals surface area contributed by atoms with Gasteiger partial charge < -0.3 is 14.4 Å². The predicted octanol–water partition coefficient (Wildman–Crippen LogP) is 1.69. The summed E-state index contributed by atoms with van der Waals surface area (Å²) in [5.74, 6) is 0.853. The number of rotatable bonds is 3. The first-order chi connectivity index (χ1) is 13.7. The van der Waals surface area contributed by atoms with Gasteiger partial charge in [0.25, 0.3) is 0 Å². The van der Waals surface area contributed by atoms with Gasteiger partial charge in [0, 0.05) is 49.8 Å². The summed E-state index contributed by atoms with van der Waals surface area (Å²) in [4.78, 5) is 18.9. The van der Waals surface area contributed by atoms with Crippen LogP contribution in [0.4, 0.5) is 5.95 Å². The van der Waals surface area contributed by atoms with Crippen LogP contribution in [-0.2, 0) is 28.0 Å². The molecule has 0 amide bonds. The quantitative estimate of drug-likeness (QED) is 0.802. The number of hydrogen-bond donors (Lipinski definition) is 0. The average Bonchev–Trinajstić information content (AvgIpc) is 3.13. The number of aromatic nitrogens is 3. The van der Waals surface area contributed by atoms with Crippen molar-refractivity contribution in [2.45, 2.75) is 31.9 Å². The van der Waals surface area contributed by atoms with E-state index in [1.54, 1.807) is 0 Å². The minimum absolute atomic E-state index is 0.0372. The highest BCUT2D eigenvalue weighted by Crippen LogP contribution is 2.40. The molecule has 0 unspecified atom stereocenters. The zero-order valence-electron chi connectivity index (χ0n) is 16.4. The van der Waals surface area contributed by atoms with E-state index < -0.39 is 0 Å². The van der Waals surface area contributed by atoms with Crippen LogP contribution in [0.2, 0.25) is 0 Å². The first kappa shape index (κ1) is 18.0. The van der Waals surface area contributed by atoms with E-state index in [1.165, 1.54) is 16.8 Å². The number of nitrogens with zero attached hydrogens (tertiary/aromatic N) is 5. The maximum Gasteiger partial charge on any atom is 0.225 e. The zero-order chi connectivity index (χ0) is 19.0. The Labute approximate surface area is 165 Å². The molecular weight excluding hydrogens is 354 g/mol. The van der Waals surface area contributed by atoms with Crippen LogP contribution >= 0.6 is 0 Å². The van der Waals surface area contributed by atoms with Crippen LogP contribution in [0.1, 0.15) is 28.9 Å². The third-order valence-corrected chi connectivity index (χ3v) is 6.18. The Morgan fingerprint density at radius 3 is 2.86 bits per heavy atom. The SMILES string of the molecule is Cc1nc(N2CCOCC2)nc2c1COC[C@@]21CCN(Cc2cccnc2)C1. The van der Waals surface area contributed by atoms with Gasteiger partial charge >= 0.3 is 0 Å². The van der Waals surface area contributed by atoms with E-state index in [9.17, 15) is 0 Å². The molecule has 2 aromatic heterocycles. The van der Waals surface area contributed by atoms with Gasteiger partial charge in [-0.1, -0.05) is 6.07 Å². The highest BCUT2D eigenvalue weighted by Gasteiger charge is 2.45. The van der Waals surface area contributed by atoms with Gasteiger partial charge in [0.05, 0.1) is 37.5 Å². The maximum absolute atomic E-state index is 6.05. The number of hydrogen-bond acceptors (Lipinski definition) is 7. The number of ether oxygens (including phenoxy) is 2. The molecule has 5 rings (SSSR count). The summed E-state index contributed by atoms with van der Waals surface area (Å²) >= 11 is 0.